The van der Waals surface area contributed by atoms with Crippen molar-refractivity contribution >= 4 is 5.96 Å². The Labute approximate surface area is 86.4 Å². The molecule has 0 amide bonds. The number of nitrogens with zero attached hydrogens (tertiary/aromatic N) is 2. The zero-order chi connectivity index (χ0) is 10.3. The largest absolute Gasteiger partial charge is 0.370 e. The molecule has 1 atom stereocenters. The molecule has 2 aliphatic rings. The first-order chi connectivity index (χ1) is 6.62. The van der Waals surface area contributed by atoms with Crippen molar-refractivity contribution in [2.45, 2.75) is 51.6 Å². The summed E-state index contributed by atoms with van der Waals surface area (Å²) in [5, 5.41) is 0. The highest BCUT2D eigenvalue weighted by atomic mass is 15.4. The molecule has 1 unspecified atom stereocenters. The first-order valence-corrected chi connectivity index (χ1v) is 5.71. The maximum atomic E-state index is 5.97. The number of hydrogen-bond donors (Lipinski definition) is 1. The van der Waals surface area contributed by atoms with Crippen molar-refractivity contribution in [1.82, 2.24) is 4.90 Å². The molecule has 0 radical (unpaired) electrons. The minimum absolute atomic E-state index is 0.262. The van der Waals surface area contributed by atoms with E-state index >= 15 is 0 Å². The van der Waals surface area contributed by atoms with E-state index in [2.05, 4.69) is 30.7 Å². The second-order valence-corrected chi connectivity index (χ2v) is 4.87. The second-order valence-electron chi connectivity index (χ2n) is 4.87. The zero-order valence-electron chi connectivity index (χ0n) is 9.45. The summed E-state index contributed by atoms with van der Waals surface area (Å²) in [5.41, 5.74) is 6.23. The molecular weight excluding hydrogens is 174 g/mol. The van der Waals surface area contributed by atoms with Crippen LogP contribution in [-0.2, 0) is 0 Å². The average Bonchev–Trinajstić information content (AvgIpc) is 2.91. The van der Waals surface area contributed by atoms with Crippen LogP contribution >= 0.6 is 0 Å². The van der Waals surface area contributed by atoms with Crippen LogP contribution in [0.1, 0.15) is 40.0 Å². The summed E-state index contributed by atoms with van der Waals surface area (Å²) in [6.45, 7) is 7.60. The van der Waals surface area contributed by atoms with Crippen molar-refractivity contribution in [3.8, 4) is 0 Å². The number of rotatable bonds is 3. The third kappa shape index (κ3) is 1.22. The van der Waals surface area contributed by atoms with Crippen LogP contribution in [0.2, 0.25) is 0 Å². The average molecular weight is 195 g/mol. The highest BCUT2D eigenvalue weighted by Gasteiger charge is 2.52. The van der Waals surface area contributed by atoms with Crippen molar-refractivity contribution in [2.75, 3.05) is 6.54 Å². The number of aliphatic imine (C=N–C) groups is 1. The Morgan fingerprint density at radius 2 is 2.21 bits per heavy atom. The van der Waals surface area contributed by atoms with E-state index in [4.69, 9.17) is 5.73 Å². The molecule has 0 aromatic rings. The fraction of sp³-hybridized carbons (Fsp3) is 0.909. The van der Waals surface area contributed by atoms with Gasteiger partial charge >= 0.3 is 0 Å². The van der Waals surface area contributed by atoms with Crippen LogP contribution in [0.3, 0.4) is 0 Å². The normalized spacial score (nSPS) is 32.6. The predicted octanol–water partition coefficient (Wildman–Crippen LogP) is 1.58. The highest BCUT2D eigenvalue weighted by molar-refractivity contribution is 5.81. The van der Waals surface area contributed by atoms with Crippen LogP contribution in [0.25, 0.3) is 0 Å². The highest BCUT2D eigenvalue weighted by Crippen LogP contribution is 2.47. The molecule has 1 saturated carbocycles. The molecule has 3 heteroatoms. The first-order valence-electron chi connectivity index (χ1n) is 5.71. The van der Waals surface area contributed by atoms with Gasteiger partial charge in [-0.3, -0.25) is 4.99 Å². The van der Waals surface area contributed by atoms with E-state index < -0.39 is 0 Å². The van der Waals surface area contributed by atoms with Gasteiger partial charge in [0.2, 0.25) is 0 Å². The topological polar surface area (TPSA) is 41.6 Å². The van der Waals surface area contributed by atoms with Crippen molar-refractivity contribution in [3.05, 3.63) is 0 Å². The maximum Gasteiger partial charge on any atom is 0.192 e. The fourth-order valence-corrected chi connectivity index (χ4v) is 2.89. The standard InChI is InChI=1S/C11H21N3/c1-4-11(9-5-6-9)7-13-10(12)14(11)8(2)3/h8-9H,4-7H2,1-3H3,(H2,12,13). The zero-order valence-corrected chi connectivity index (χ0v) is 9.45. The molecule has 0 aromatic carbocycles. The molecular formula is C11H21N3. The molecule has 1 fully saturated rings. The monoisotopic (exact) mass is 195 g/mol. The Kier molecular flexibility index (Phi) is 2.20. The lowest BCUT2D eigenvalue weighted by atomic mass is 9.88. The van der Waals surface area contributed by atoms with Gasteiger partial charge in [0.25, 0.3) is 0 Å². The summed E-state index contributed by atoms with van der Waals surface area (Å²) in [6.07, 6.45) is 3.89. The van der Waals surface area contributed by atoms with Crippen LogP contribution in [0.15, 0.2) is 4.99 Å². The molecule has 0 bridgehead atoms. The van der Waals surface area contributed by atoms with Crippen LogP contribution < -0.4 is 5.73 Å². The second kappa shape index (κ2) is 3.14. The van der Waals surface area contributed by atoms with E-state index in [1.165, 1.54) is 19.3 Å². The van der Waals surface area contributed by atoms with E-state index in [0.717, 1.165) is 18.4 Å². The molecule has 1 aliphatic heterocycles. The van der Waals surface area contributed by atoms with Gasteiger partial charge in [0.1, 0.15) is 0 Å². The van der Waals surface area contributed by atoms with Crippen LogP contribution in [-0.4, -0.2) is 29.0 Å². The Hall–Kier alpha value is -0.730. The van der Waals surface area contributed by atoms with E-state index in [-0.39, 0.29) is 5.54 Å². The molecule has 2 rings (SSSR count). The van der Waals surface area contributed by atoms with Gasteiger partial charge in [-0.05, 0) is 39.0 Å². The van der Waals surface area contributed by atoms with E-state index in [1.807, 2.05) is 0 Å². The van der Waals surface area contributed by atoms with E-state index in [9.17, 15) is 0 Å². The van der Waals surface area contributed by atoms with Crippen molar-refractivity contribution in [1.29, 1.82) is 0 Å². The number of hydrogen-bond acceptors (Lipinski definition) is 3. The lowest BCUT2D eigenvalue weighted by Crippen LogP contribution is -2.55. The number of nitrogens with two attached hydrogens (primary N) is 1. The Balaban J connectivity index is 2.26. The van der Waals surface area contributed by atoms with Gasteiger partial charge in [-0.15, -0.1) is 0 Å². The molecule has 1 heterocycles. The summed E-state index contributed by atoms with van der Waals surface area (Å²) in [5.74, 6) is 1.59. The Morgan fingerprint density at radius 1 is 1.57 bits per heavy atom. The summed E-state index contributed by atoms with van der Waals surface area (Å²) in [6, 6.07) is 0.474. The molecule has 0 aromatic heterocycles. The number of guanidine groups is 1. The molecule has 3 nitrogen and oxygen atoms in total. The molecule has 1 aliphatic carbocycles. The fourth-order valence-electron chi connectivity index (χ4n) is 2.89. The van der Waals surface area contributed by atoms with Gasteiger partial charge in [0.15, 0.2) is 5.96 Å². The molecule has 14 heavy (non-hydrogen) atoms. The maximum absolute atomic E-state index is 5.97. The molecule has 0 saturated heterocycles. The molecule has 80 valence electrons. The minimum atomic E-state index is 0.262. The van der Waals surface area contributed by atoms with Crippen molar-refractivity contribution in [2.24, 2.45) is 16.6 Å². The van der Waals surface area contributed by atoms with Gasteiger partial charge in [-0.25, -0.2) is 0 Å². The van der Waals surface area contributed by atoms with Gasteiger partial charge in [0.05, 0.1) is 12.1 Å². The van der Waals surface area contributed by atoms with Gasteiger partial charge in [-0.1, -0.05) is 6.92 Å². The Bertz CT molecular complexity index is 255. The SMILES string of the molecule is CCC1(C2CC2)CN=C(N)N1C(C)C. The summed E-state index contributed by atoms with van der Waals surface area (Å²) >= 11 is 0. The lowest BCUT2D eigenvalue weighted by molar-refractivity contribution is 0.132. The first kappa shape index (κ1) is 9.81. The van der Waals surface area contributed by atoms with Gasteiger partial charge in [-0.2, -0.15) is 0 Å². The summed E-state index contributed by atoms with van der Waals surface area (Å²) in [4.78, 5) is 6.80. The van der Waals surface area contributed by atoms with Crippen molar-refractivity contribution < 1.29 is 0 Å². The minimum Gasteiger partial charge on any atom is -0.370 e. The van der Waals surface area contributed by atoms with Crippen LogP contribution in [0, 0.1) is 5.92 Å². The lowest BCUT2D eigenvalue weighted by Gasteiger charge is -2.42. The van der Waals surface area contributed by atoms with Crippen LogP contribution in [0.4, 0.5) is 0 Å². The summed E-state index contributed by atoms with van der Waals surface area (Å²) in [7, 11) is 0. The Morgan fingerprint density at radius 3 is 2.64 bits per heavy atom. The van der Waals surface area contributed by atoms with Crippen LogP contribution in [0.5, 0.6) is 0 Å². The molecule has 2 N–H and O–H groups in total. The smallest absolute Gasteiger partial charge is 0.192 e. The van der Waals surface area contributed by atoms with Gasteiger partial charge < -0.3 is 10.6 Å². The van der Waals surface area contributed by atoms with Gasteiger partial charge in [0, 0.05) is 6.04 Å². The summed E-state index contributed by atoms with van der Waals surface area (Å²) < 4.78 is 0. The van der Waals surface area contributed by atoms with E-state index in [0.29, 0.717) is 6.04 Å². The quantitative estimate of drug-likeness (QED) is 0.743. The molecule has 0 spiro atoms. The third-order valence-corrected chi connectivity index (χ3v) is 3.71. The van der Waals surface area contributed by atoms with Crippen molar-refractivity contribution in [3.63, 3.8) is 0 Å². The third-order valence-electron chi connectivity index (χ3n) is 3.71. The van der Waals surface area contributed by atoms with E-state index in [1.54, 1.807) is 0 Å². The predicted molar refractivity (Wildman–Crippen MR) is 59.2 cm³/mol.